The van der Waals surface area contributed by atoms with Crippen LogP contribution in [0.5, 0.6) is 0 Å². The molecule has 0 N–H and O–H groups in total. The molecule has 1 aliphatic carbocycles. The SMILES string of the molecule is CC1=CCC(c2ccccc2)=C(B2OC(C)(C)C(C)(C)O2)C1C. The van der Waals surface area contributed by atoms with Crippen LogP contribution >= 0.6 is 0 Å². The fourth-order valence-corrected chi connectivity index (χ4v) is 3.30. The Morgan fingerprint density at radius 2 is 1.57 bits per heavy atom. The molecule has 1 saturated heterocycles. The Kier molecular flexibility index (Phi) is 4.06. The summed E-state index contributed by atoms with van der Waals surface area (Å²) in [5.74, 6) is 0.341. The van der Waals surface area contributed by atoms with E-state index < -0.39 is 0 Å². The molecule has 1 unspecified atom stereocenters. The summed E-state index contributed by atoms with van der Waals surface area (Å²) in [7, 11) is -0.270. The summed E-state index contributed by atoms with van der Waals surface area (Å²) in [6.07, 6.45) is 3.28. The van der Waals surface area contributed by atoms with Gasteiger partial charge in [0.1, 0.15) is 0 Å². The summed E-state index contributed by atoms with van der Waals surface area (Å²) in [5, 5.41) is 0. The van der Waals surface area contributed by atoms with Gasteiger partial charge in [-0.15, -0.1) is 0 Å². The van der Waals surface area contributed by atoms with Crippen molar-refractivity contribution < 1.29 is 9.31 Å². The zero-order valence-corrected chi connectivity index (χ0v) is 15.1. The molecule has 1 fully saturated rings. The maximum atomic E-state index is 6.37. The monoisotopic (exact) mass is 310 g/mol. The van der Waals surface area contributed by atoms with Crippen LogP contribution in [0.4, 0.5) is 0 Å². The van der Waals surface area contributed by atoms with E-state index in [0.717, 1.165) is 6.42 Å². The number of hydrogen-bond acceptors (Lipinski definition) is 2. The van der Waals surface area contributed by atoms with Crippen molar-refractivity contribution in [2.75, 3.05) is 0 Å². The Balaban J connectivity index is 2.06. The van der Waals surface area contributed by atoms with Gasteiger partial charge in [0.25, 0.3) is 0 Å². The quantitative estimate of drug-likeness (QED) is 0.561. The van der Waals surface area contributed by atoms with Crippen molar-refractivity contribution in [2.24, 2.45) is 5.92 Å². The van der Waals surface area contributed by atoms with Crippen LogP contribution in [-0.2, 0) is 9.31 Å². The van der Waals surface area contributed by atoms with Crippen LogP contribution in [0.25, 0.3) is 5.57 Å². The van der Waals surface area contributed by atoms with E-state index >= 15 is 0 Å². The highest BCUT2D eigenvalue weighted by Gasteiger charge is 2.53. The predicted molar refractivity (Wildman–Crippen MR) is 97.0 cm³/mol. The number of benzene rings is 1. The average Bonchev–Trinajstić information content (AvgIpc) is 2.70. The van der Waals surface area contributed by atoms with Gasteiger partial charge < -0.3 is 9.31 Å². The molecule has 0 amide bonds. The average molecular weight is 310 g/mol. The lowest BCUT2D eigenvalue weighted by molar-refractivity contribution is 0.00578. The molecular formula is C20H27BO2. The van der Waals surface area contributed by atoms with E-state index in [0.29, 0.717) is 5.92 Å². The molecule has 1 aromatic rings. The summed E-state index contributed by atoms with van der Waals surface area (Å²) in [5.41, 5.74) is 4.70. The molecule has 0 spiro atoms. The van der Waals surface area contributed by atoms with Crippen LogP contribution in [0.2, 0.25) is 0 Å². The van der Waals surface area contributed by atoms with Gasteiger partial charge in [-0.2, -0.15) is 0 Å². The Bertz CT molecular complexity index is 639. The molecule has 2 aliphatic rings. The molecule has 1 aromatic carbocycles. The summed E-state index contributed by atoms with van der Waals surface area (Å²) in [6.45, 7) is 12.9. The molecule has 122 valence electrons. The molecule has 0 radical (unpaired) electrons. The highest BCUT2D eigenvalue weighted by molar-refractivity contribution is 6.56. The van der Waals surface area contributed by atoms with Crippen LogP contribution in [0.1, 0.15) is 53.5 Å². The van der Waals surface area contributed by atoms with Crippen molar-refractivity contribution in [2.45, 2.75) is 59.2 Å². The van der Waals surface area contributed by atoms with E-state index in [1.807, 2.05) is 0 Å². The molecular weight excluding hydrogens is 283 g/mol. The smallest absolute Gasteiger partial charge is 0.400 e. The molecule has 3 rings (SSSR count). The lowest BCUT2D eigenvalue weighted by atomic mass is 9.63. The van der Waals surface area contributed by atoms with Crippen LogP contribution in [0, 0.1) is 5.92 Å². The third kappa shape index (κ3) is 2.81. The summed E-state index contributed by atoms with van der Waals surface area (Å²) in [6, 6.07) is 10.6. The zero-order valence-electron chi connectivity index (χ0n) is 15.1. The van der Waals surface area contributed by atoms with E-state index in [2.05, 4.69) is 78.0 Å². The van der Waals surface area contributed by atoms with Crippen LogP contribution in [0.3, 0.4) is 0 Å². The molecule has 0 aromatic heterocycles. The van der Waals surface area contributed by atoms with Crippen molar-refractivity contribution in [1.29, 1.82) is 0 Å². The van der Waals surface area contributed by atoms with Gasteiger partial charge in [0.2, 0.25) is 0 Å². The minimum Gasteiger partial charge on any atom is -0.400 e. The van der Waals surface area contributed by atoms with Gasteiger partial charge in [0.15, 0.2) is 0 Å². The van der Waals surface area contributed by atoms with Gasteiger partial charge >= 0.3 is 7.12 Å². The standard InChI is InChI=1S/C20H27BO2/c1-14-12-13-17(16-10-8-7-9-11-16)18(15(14)2)21-22-19(3,4)20(5,6)23-21/h7-12,15H,13H2,1-6H3. The van der Waals surface area contributed by atoms with Gasteiger partial charge in [-0.3, -0.25) is 0 Å². The topological polar surface area (TPSA) is 18.5 Å². The zero-order chi connectivity index (χ0) is 16.8. The van der Waals surface area contributed by atoms with E-state index in [1.165, 1.54) is 22.2 Å². The molecule has 23 heavy (non-hydrogen) atoms. The predicted octanol–water partition coefficient (Wildman–Crippen LogP) is 5.06. The van der Waals surface area contributed by atoms with E-state index in [9.17, 15) is 0 Å². The first-order valence-electron chi connectivity index (χ1n) is 8.53. The van der Waals surface area contributed by atoms with Crippen molar-refractivity contribution in [3.63, 3.8) is 0 Å². The summed E-state index contributed by atoms with van der Waals surface area (Å²) < 4.78 is 12.7. The van der Waals surface area contributed by atoms with Crippen molar-refractivity contribution in [3.05, 3.63) is 53.0 Å². The first-order chi connectivity index (χ1) is 10.7. The Labute approximate surface area is 140 Å². The van der Waals surface area contributed by atoms with Crippen LogP contribution in [0.15, 0.2) is 47.5 Å². The van der Waals surface area contributed by atoms with E-state index in [-0.39, 0.29) is 18.3 Å². The van der Waals surface area contributed by atoms with Crippen molar-refractivity contribution >= 4 is 12.7 Å². The van der Waals surface area contributed by atoms with Crippen LogP contribution in [-0.4, -0.2) is 18.3 Å². The Morgan fingerprint density at radius 3 is 2.13 bits per heavy atom. The van der Waals surface area contributed by atoms with Gasteiger partial charge in [-0.25, -0.2) is 0 Å². The van der Waals surface area contributed by atoms with E-state index in [1.54, 1.807) is 0 Å². The molecule has 0 bridgehead atoms. The number of hydrogen-bond donors (Lipinski definition) is 0. The highest BCUT2D eigenvalue weighted by Crippen LogP contribution is 2.44. The minimum absolute atomic E-state index is 0.270. The molecule has 1 atom stereocenters. The Morgan fingerprint density at radius 1 is 1.00 bits per heavy atom. The lowest BCUT2D eigenvalue weighted by Gasteiger charge is -2.32. The van der Waals surface area contributed by atoms with E-state index in [4.69, 9.17) is 9.31 Å². The largest absolute Gasteiger partial charge is 0.491 e. The van der Waals surface area contributed by atoms with Gasteiger partial charge in [-0.1, -0.05) is 48.9 Å². The maximum absolute atomic E-state index is 6.37. The second kappa shape index (κ2) is 5.64. The molecule has 1 heterocycles. The lowest BCUT2D eigenvalue weighted by Crippen LogP contribution is -2.41. The summed E-state index contributed by atoms with van der Waals surface area (Å²) >= 11 is 0. The fraction of sp³-hybridized carbons (Fsp3) is 0.500. The molecule has 3 heteroatoms. The minimum atomic E-state index is -0.304. The first kappa shape index (κ1) is 16.5. The molecule has 2 nitrogen and oxygen atoms in total. The summed E-state index contributed by atoms with van der Waals surface area (Å²) in [4.78, 5) is 0. The number of allylic oxidation sites excluding steroid dienone is 4. The fourth-order valence-electron chi connectivity index (χ4n) is 3.30. The van der Waals surface area contributed by atoms with Crippen molar-refractivity contribution in [1.82, 2.24) is 0 Å². The second-order valence-electron chi connectivity index (χ2n) is 7.76. The van der Waals surface area contributed by atoms with Gasteiger partial charge in [0.05, 0.1) is 11.2 Å². The Hall–Kier alpha value is -1.32. The van der Waals surface area contributed by atoms with Gasteiger partial charge in [-0.05, 0) is 63.6 Å². The van der Waals surface area contributed by atoms with Gasteiger partial charge in [0, 0.05) is 0 Å². The van der Waals surface area contributed by atoms with Crippen molar-refractivity contribution in [3.8, 4) is 0 Å². The molecule has 1 aliphatic heterocycles. The first-order valence-corrected chi connectivity index (χ1v) is 8.53. The highest BCUT2D eigenvalue weighted by atomic mass is 16.7. The molecule has 0 saturated carbocycles. The normalized spacial score (nSPS) is 26.4. The number of rotatable bonds is 2. The third-order valence-electron chi connectivity index (χ3n) is 5.76. The second-order valence-corrected chi connectivity index (χ2v) is 7.76. The van der Waals surface area contributed by atoms with Crippen LogP contribution < -0.4 is 0 Å². The maximum Gasteiger partial charge on any atom is 0.491 e. The third-order valence-corrected chi connectivity index (χ3v) is 5.76.